The Morgan fingerprint density at radius 2 is 1.00 bits per heavy atom. The lowest BCUT2D eigenvalue weighted by molar-refractivity contribution is -0.137. The van der Waals surface area contributed by atoms with E-state index >= 15 is 0 Å². The second kappa shape index (κ2) is 28.3. The molecule has 0 aromatic heterocycles. The predicted octanol–water partition coefficient (Wildman–Crippen LogP) is 6.64. The summed E-state index contributed by atoms with van der Waals surface area (Å²) in [5, 5.41) is 25.1. The summed E-state index contributed by atoms with van der Waals surface area (Å²) < 4.78 is 0. The second-order valence-electron chi connectivity index (χ2n) is 7.59. The number of aliphatic hydroxyl groups is 2. The lowest BCUT2D eigenvalue weighted by Crippen LogP contribution is -1.93. The fourth-order valence-electron chi connectivity index (χ4n) is 2.92. The molecule has 0 unspecified atom stereocenters. The minimum absolute atomic E-state index is 0.283. The van der Waals surface area contributed by atoms with Crippen LogP contribution in [0.3, 0.4) is 0 Å². The maximum atomic E-state index is 10.3. The minimum atomic E-state index is -0.664. The van der Waals surface area contributed by atoms with Gasteiger partial charge < -0.3 is 15.3 Å². The Balaban J connectivity index is 0. The van der Waals surface area contributed by atoms with Gasteiger partial charge in [-0.2, -0.15) is 0 Å². The topological polar surface area (TPSA) is 77.8 Å². The summed E-state index contributed by atoms with van der Waals surface area (Å²) in [5.41, 5.74) is 0. The summed E-state index contributed by atoms with van der Waals surface area (Å²) in [4.78, 5) is 10.3. The van der Waals surface area contributed by atoms with Crippen molar-refractivity contribution in [1.29, 1.82) is 0 Å². The molecule has 0 radical (unpaired) electrons. The molecule has 0 saturated carbocycles. The molecule has 0 saturated heterocycles. The number of hydrogen-bond donors (Lipinski definition) is 3. The van der Waals surface area contributed by atoms with Crippen LogP contribution in [0.25, 0.3) is 0 Å². The molecule has 168 valence electrons. The highest BCUT2D eigenvalue weighted by Gasteiger charge is 1.95. The zero-order chi connectivity index (χ0) is 21.1. The summed E-state index contributed by atoms with van der Waals surface area (Å²) >= 11 is 0. The van der Waals surface area contributed by atoms with Crippen molar-refractivity contribution in [3.8, 4) is 0 Å². The molecule has 4 nitrogen and oxygen atoms in total. The number of rotatable bonds is 20. The Hall–Kier alpha value is -0.870. The Morgan fingerprint density at radius 3 is 1.43 bits per heavy atom. The van der Waals surface area contributed by atoms with Gasteiger partial charge in [0.05, 0.1) is 0 Å². The van der Waals surface area contributed by atoms with E-state index in [0.29, 0.717) is 6.42 Å². The Kier molecular flexibility index (Phi) is 29.7. The van der Waals surface area contributed by atoms with Gasteiger partial charge in [0.15, 0.2) is 0 Å². The number of carboxylic acid groups (broad SMARTS) is 1. The van der Waals surface area contributed by atoms with Crippen LogP contribution >= 0.6 is 0 Å². The van der Waals surface area contributed by atoms with Crippen molar-refractivity contribution in [2.75, 3.05) is 13.2 Å². The molecule has 0 spiro atoms. The average molecular weight is 401 g/mol. The van der Waals surface area contributed by atoms with E-state index in [1.54, 1.807) is 0 Å². The minimum Gasteiger partial charge on any atom is -0.481 e. The third kappa shape index (κ3) is 32.8. The summed E-state index contributed by atoms with van der Waals surface area (Å²) in [6.07, 6.45) is 25.1. The molecule has 0 aliphatic heterocycles. The smallest absolute Gasteiger partial charge is 0.303 e. The molecule has 0 aromatic carbocycles. The van der Waals surface area contributed by atoms with E-state index in [1.165, 1.54) is 70.6 Å². The van der Waals surface area contributed by atoms with Gasteiger partial charge in [-0.15, -0.1) is 0 Å². The molecular formula is C24H48O4. The van der Waals surface area contributed by atoms with Crippen LogP contribution in [0.2, 0.25) is 0 Å². The van der Waals surface area contributed by atoms with Gasteiger partial charge in [-0.1, -0.05) is 83.3 Å². The van der Waals surface area contributed by atoms with Crippen LogP contribution in [0, 0.1) is 0 Å². The van der Waals surface area contributed by atoms with Gasteiger partial charge in [-0.05, 0) is 44.9 Å². The molecule has 28 heavy (non-hydrogen) atoms. The Labute approximate surface area is 174 Å². The number of carboxylic acids is 1. The van der Waals surface area contributed by atoms with Crippen molar-refractivity contribution in [1.82, 2.24) is 0 Å². The monoisotopic (exact) mass is 400 g/mol. The number of aliphatic carboxylic acids is 1. The highest BCUT2D eigenvalue weighted by molar-refractivity contribution is 5.66. The molecule has 0 fully saturated rings. The first kappa shape index (κ1) is 29.3. The number of hydrogen-bond acceptors (Lipinski definition) is 3. The van der Waals surface area contributed by atoms with Crippen LogP contribution in [0.1, 0.15) is 122 Å². The predicted molar refractivity (Wildman–Crippen MR) is 120 cm³/mol. The lowest BCUT2D eigenvalue weighted by Gasteiger charge is -1.99. The van der Waals surface area contributed by atoms with Gasteiger partial charge in [0.1, 0.15) is 0 Å². The highest BCUT2D eigenvalue weighted by Crippen LogP contribution is 2.09. The number of aliphatic hydroxyl groups excluding tert-OH is 2. The molecule has 4 heteroatoms. The first-order valence-electron chi connectivity index (χ1n) is 11.8. The van der Waals surface area contributed by atoms with Gasteiger partial charge in [0.2, 0.25) is 0 Å². The van der Waals surface area contributed by atoms with Crippen molar-refractivity contribution in [2.24, 2.45) is 0 Å². The van der Waals surface area contributed by atoms with E-state index < -0.39 is 5.97 Å². The summed E-state index contributed by atoms with van der Waals surface area (Å²) in [6.45, 7) is 2.83. The summed E-state index contributed by atoms with van der Waals surface area (Å²) in [7, 11) is 0. The molecule has 0 aromatic rings. The van der Waals surface area contributed by atoms with Gasteiger partial charge in [-0.3, -0.25) is 4.79 Å². The van der Waals surface area contributed by atoms with E-state index in [-0.39, 0.29) is 13.2 Å². The van der Waals surface area contributed by atoms with E-state index in [4.69, 9.17) is 15.3 Å². The standard InChI is InChI=1S/C18H34O2.C6H14O2/c1-2-3-4-5-6-7-8-9-10-11-12-13-14-15-16-17-18(19)20;7-5-3-1-2-4-6-8/h9-10H,2-8,11-17H2,1H3,(H,19,20);7-8H,1-6H2/b10-9-;. The Bertz CT molecular complexity index is 310. The number of unbranched alkanes of at least 4 members (excludes halogenated alkanes) is 14. The first-order valence-corrected chi connectivity index (χ1v) is 11.8. The molecular weight excluding hydrogens is 352 g/mol. The highest BCUT2D eigenvalue weighted by atomic mass is 16.4. The molecule has 3 N–H and O–H groups in total. The van der Waals surface area contributed by atoms with Gasteiger partial charge in [-0.25, -0.2) is 0 Å². The van der Waals surface area contributed by atoms with Crippen LogP contribution in [0.4, 0.5) is 0 Å². The zero-order valence-electron chi connectivity index (χ0n) is 18.5. The molecule has 0 heterocycles. The van der Waals surface area contributed by atoms with Crippen molar-refractivity contribution in [3.63, 3.8) is 0 Å². The summed E-state index contributed by atoms with van der Waals surface area (Å²) in [6, 6.07) is 0. The maximum Gasteiger partial charge on any atom is 0.303 e. The fourth-order valence-corrected chi connectivity index (χ4v) is 2.92. The molecule has 0 aliphatic rings. The van der Waals surface area contributed by atoms with Crippen molar-refractivity contribution < 1.29 is 20.1 Å². The van der Waals surface area contributed by atoms with E-state index in [9.17, 15) is 4.79 Å². The Morgan fingerprint density at radius 1 is 0.607 bits per heavy atom. The van der Waals surface area contributed by atoms with Crippen LogP contribution in [-0.4, -0.2) is 34.5 Å². The fraction of sp³-hybridized carbons (Fsp3) is 0.875. The van der Waals surface area contributed by atoms with E-state index in [2.05, 4.69) is 19.1 Å². The SMILES string of the molecule is CCCCCCCC/C=C\CCCCCCCC(=O)O.OCCCCCCO. The third-order valence-corrected chi connectivity index (χ3v) is 4.72. The molecule has 0 bridgehead atoms. The first-order chi connectivity index (χ1) is 13.7. The maximum absolute atomic E-state index is 10.3. The second-order valence-corrected chi connectivity index (χ2v) is 7.59. The zero-order valence-corrected chi connectivity index (χ0v) is 18.5. The van der Waals surface area contributed by atoms with Crippen LogP contribution in [-0.2, 0) is 4.79 Å². The number of carbonyl (C=O) groups is 1. The van der Waals surface area contributed by atoms with Crippen molar-refractivity contribution in [3.05, 3.63) is 12.2 Å². The van der Waals surface area contributed by atoms with Crippen LogP contribution < -0.4 is 0 Å². The average Bonchev–Trinajstić information content (AvgIpc) is 2.68. The van der Waals surface area contributed by atoms with Crippen LogP contribution in [0.5, 0.6) is 0 Å². The third-order valence-electron chi connectivity index (χ3n) is 4.72. The molecule has 0 amide bonds. The quantitative estimate of drug-likeness (QED) is 0.158. The van der Waals surface area contributed by atoms with Gasteiger partial charge in [0, 0.05) is 19.6 Å². The van der Waals surface area contributed by atoms with Crippen molar-refractivity contribution in [2.45, 2.75) is 122 Å². The largest absolute Gasteiger partial charge is 0.481 e. The molecule has 0 rings (SSSR count). The van der Waals surface area contributed by atoms with Gasteiger partial charge in [0.25, 0.3) is 0 Å². The molecule has 0 aliphatic carbocycles. The van der Waals surface area contributed by atoms with E-state index in [0.717, 1.165) is 38.5 Å². The van der Waals surface area contributed by atoms with Crippen LogP contribution in [0.15, 0.2) is 12.2 Å². The van der Waals surface area contributed by atoms with Crippen molar-refractivity contribution >= 4 is 5.97 Å². The normalized spacial score (nSPS) is 10.8. The number of allylic oxidation sites excluding steroid dienone is 2. The van der Waals surface area contributed by atoms with E-state index in [1.807, 2.05) is 0 Å². The van der Waals surface area contributed by atoms with Gasteiger partial charge >= 0.3 is 5.97 Å². The molecule has 0 atom stereocenters. The summed E-state index contributed by atoms with van der Waals surface area (Å²) in [5.74, 6) is -0.664. The lowest BCUT2D eigenvalue weighted by atomic mass is 10.1.